The Kier molecular flexibility index (Phi) is 22.5. The van der Waals surface area contributed by atoms with E-state index in [9.17, 15) is 9.59 Å². The molecule has 374 valence electrons. The van der Waals surface area contributed by atoms with E-state index in [1.165, 1.54) is 0 Å². The van der Waals surface area contributed by atoms with Crippen LogP contribution in [0.5, 0.6) is 11.5 Å². The minimum absolute atomic E-state index is 0.00790. The van der Waals surface area contributed by atoms with E-state index < -0.39 is 11.6 Å². The lowest BCUT2D eigenvalue weighted by molar-refractivity contribution is -0.149. The maximum atomic E-state index is 12.5. The molecule has 8 heteroatoms. The Labute approximate surface area is 407 Å². The normalized spacial score (nSPS) is 22.3. The zero-order valence-corrected chi connectivity index (χ0v) is 44.8. The number of ketones is 2. The Hall–Kier alpha value is -3.82. The van der Waals surface area contributed by atoms with Crippen molar-refractivity contribution in [2.75, 3.05) is 13.2 Å². The van der Waals surface area contributed by atoms with Crippen molar-refractivity contribution in [1.82, 2.24) is 0 Å². The van der Waals surface area contributed by atoms with Gasteiger partial charge in [0, 0.05) is 23.0 Å². The number of carbonyl (C=O) groups excluding carboxylic acids is 2. The van der Waals surface area contributed by atoms with Crippen molar-refractivity contribution in [3.63, 3.8) is 0 Å². The second-order valence-electron chi connectivity index (χ2n) is 21.1. The molecule has 0 N–H and O–H groups in total. The Balaban J connectivity index is 0.000000355. The van der Waals surface area contributed by atoms with Crippen LogP contribution in [0.25, 0.3) is 0 Å². The molecule has 2 heterocycles. The van der Waals surface area contributed by atoms with Crippen LogP contribution in [0.2, 0.25) is 0 Å². The van der Waals surface area contributed by atoms with Crippen LogP contribution in [0.15, 0.2) is 73.9 Å². The van der Waals surface area contributed by atoms with Gasteiger partial charge >= 0.3 is 0 Å². The molecule has 67 heavy (non-hydrogen) atoms. The van der Waals surface area contributed by atoms with Crippen LogP contribution in [0.1, 0.15) is 178 Å². The summed E-state index contributed by atoms with van der Waals surface area (Å²) < 4.78 is 36.8. The van der Waals surface area contributed by atoms with Crippen LogP contribution in [-0.2, 0) is 25.4 Å². The molecule has 2 aromatic rings. The lowest BCUT2D eigenvalue weighted by Crippen LogP contribution is -2.29. The van der Waals surface area contributed by atoms with E-state index in [1.807, 2.05) is 65.8 Å². The highest BCUT2D eigenvalue weighted by molar-refractivity contribution is 5.98. The molecule has 0 aromatic heterocycles. The van der Waals surface area contributed by atoms with Crippen molar-refractivity contribution < 1.29 is 38.0 Å². The van der Waals surface area contributed by atoms with E-state index in [1.54, 1.807) is 26.0 Å². The van der Waals surface area contributed by atoms with Crippen molar-refractivity contribution in [1.29, 1.82) is 0 Å². The summed E-state index contributed by atoms with van der Waals surface area (Å²) in [5.41, 5.74) is 5.60. The molecule has 0 amide bonds. The molecular weight excluding hydrogens is 837 g/mol. The summed E-state index contributed by atoms with van der Waals surface area (Å²) in [6.07, 6.45) is 17.0. The highest BCUT2D eigenvalue weighted by atomic mass is 16.8. The third kappa shape index (κ3) is 17.6. The fraction of sp³-hybridized carbons (Fsp3) is 0.627. The van der Waals surface area contributed by atoms with Gasteiger partial charge in [-0.05, 0) is 164 Å². The molecule has 0 aliphatic carbocycles. The van der Waals surface area contributed by atoms with Crippen molar-refractivity contribution in [2.45, 2.75) is 192 Å². The van der Waals surface area contributed by atoms with Crippen molar-refractivity contribution in [3.05, 3.63) is 107 Å². The molecule has 0 saturated carbocycles. The first-order valence-electron chi connectivity index (χ1n) is 25.2. The van der Waals surface area contributed by atoms with Crippen LogP contribution in [-0.4, -0.2) is 60.8 Å². The number of aryl methyl sites for hydroxylation is 3. The van der Waals surface area contributed by atoms with Gasteiger partial charge in [-0.15, -0.1) is 0 Å². The fourth-order valence-corrected chi connectivity index (χ4v) is 9.14. The minimum atomic E-state index is -0.593. The lowest BCUT2D eigenvalue weighted by atomic mass is 9.85. The monoisotopic (exact) mass is 927 g/mol. The van der Waals surface area contributed by atoms with Crippen LogP contribution in [0.3, 0.4) is 0 Å². The van der Waals surface area contributed by atoms with Gasteiger partial charge in [-0.25, -0.2) is 0 Å². The van der Waals surface area contributed by atoms with Crippen LogP contribution in [0, 0.1) is 49.4 Å². The molecule has 3 unspecified atom stereocenters. The van der Waals surface area contributed by atoms with E-state index in [4.69, 9.17) is 28.4 Å². The molecule has 0 radical (unpaired) electrons. The van der Waals surface area contributed by atoms with Crippen molar-refractivity contribution >= 4 is 11.6 Å². The van der Waals surface area contributed by atoms with Crippen LogP contribution < -0.4 is 9.47 Å². The third-order valence-corrected chi connectivity index (χ3v) is 13.5. The van der Waals surface area contributed by atoms with Gasteiger partial charge in [0.15, 0.2) is 23.1 Å². The molecule has 4 rings (SSSR count). The maximum Gasteiger partial charge on any atom is 0.163 e. The number of hydrogen-bond donors (Lipinski definition) is 0. The summed E-state index contributed by atoms with van der Waals surface area (Å²) >= 11 is 0. The number of ether oxygens (including phenoxy) is 6. The van der Waals surface area contributed by atoms with Gasteiger partial charge in [0.2, 0.25) is 0 Å². The molecule has 0 spiro atoms. The zero-order chi connectivity index (χ0) is 50.4. The van der Waals surface area contributed by atoms with Gasteiger partial charge < -0.3 is 28.4 Å². The smallest absolute Gasteiger partial charge is 0.163 e. The Morgan fingerprint density at radius 2 is 1.06 bits per heavy atom. The van der Waals surface area contributed by atoms with Crippen LogP contribution in [0.4, 0.5) is 0 Å². The summed E-state index contributed by atoms with van der Waals surface area (Å²) in [6.45, 7) is 43.6. The molecule has 2 aliphatic heterocycles. The second-order valence-corrected chi connectivity index (χ2v) is 21.1. The summed E-state index contributed by atoms with van der Waals surface area (Å²) in [5, 5.41) is 0. The Bertz CT molecular complexity index is 1990. The summed E-state index contributed by atoms with van der Waals surface area (Å²) in [7, 11) is 0. The lowest BCUT2D eigenvalue weighted by Gasteiger charge is -2.24. The molecular formula is C59H90O8. The molecule has 8 nitrogen and oxygen atoms in total. The highest BCUT2D eigenvalue weighted by Gasteiger charge is 2.44. The van der Waals surface area contributed by atoms with Crippen LogP contribution >= 0.6 is 0 Å². The van der Waals surface area contributed by atoms with Gasteiger partial charge in [-0.1, -0.05) is 112 Å². The molecule has 2 aromatic carbocycles. The Morgan fingerprint density at radius 3 is 1.49 bits per heavy atom. The van der Waals surface area contributed by atoms with Gasteiger partial charge in [-0.2, -0.15) is 0 Å². The van der Waals surface area contributed by atoms with Crippen molar-refractivity contribution in [2.24, 2.45) is 35.5 Å². The predicted octanol–water partition coefficient (Wildman–Crippen LogP) is 14.7. The maximum absolute atomic E-state index is 12.5. The molecule has 2 aliphatic rings. The first-order chi connectivity index (χ1) is 31.3. The number of rotatable bonds is 24. The first kappa shape index (κ1) is 57.5. The minimum Gasteiger partial charge on any atom is -0.490 e. The standard InChI is InChI=1S/C30H46O4.C29H44O4/c1-11-16-32-25-17-23(7)28(24(8)31)26(18-25)21(5)14-15-27-29(34-30(9,10)33-27)22(6)13-12-20(4)19(2)3;1-10-16-31-25-17-22(6)27(23(7)30)24(18-25)12-11-13-26-28(33-29(8,9)32-26)21(5)15-14-20(4)19(2)3/h11-13,17-22,27,29H,1,14-16H2,2-10H3;10,14-15,17-21,26,28H,1,11-13,16H2,2-9H3/b13-12-;15-14-/t20-,21?,22-,27+,29?;20-,21-,26+,28?/m11/s1. The largest absolute Gasteiger partial charge is 0.490 e. The number of allylic oxidation sites excluding steroid dienone is 2. The van der Waals surface area contributed by atoms with E-state index >= 15 is 0 Å². The second kappa shape index (κ2) is 26.2. The number of Topliss-reactive ketones (excluding diaryl/α,β-unsaturated/α-hetero) is 2. The average Bonchev–Trinajstić information content (AvgIpc) is 3.74. The van der Waals surface area contributed by atoms with Crippen molar-refractivity contribution in [3.8, 4) is 11.5 Å². The summed E-state index contributed by atoms with van der Waals surface area (Å²) in [6, 6.07) is 7.89. The first-order valence-corrected chi connectivity index (χ1v) is 25.2. The average molecular weight is 927 g/mol. The fourth-order valence-electron chi connectivity index (χ4n) is 9.14. The quantitative estimate of drug-likeness (QED) is 0.0760. The summed E-state index contributed by atoms with van der Waals surface area (Å²) in [4.78, 5) is 24.8. The van der Waals surface area contributed by atoms with E-state index in [-0.39, 0.29) is 53.7 Å². The summed E-state index contributed by atoms with van der Waals surface area (Å²) in [5.74, 6) is 3.57. The highest BCUT2D eigenvalue weighted by Crippen LogP contribution is 2.39. The van der Waals surface area contributed by atoms with Gasteiger partial charge in [0.25, 0.3) is 0 Å². The molecule has 0 bridgehead atoms. The Morgan fingerprint density at radius 1 is 0.627 bits per heavy atom. The van der Waals surface area contributed by atoms with Gasteiger partial charge in [0.05, 0.1) is 24.4 Å². The van der Waals surface area contributed by atoms with E-state index in [2.05, 4.69) is 99.8 Å². The van der Waals surface area contributed by atoms with Gasteiger partial charge in [0.1, 0.15) is 24.7 Å². The topological polar surface area (TPSA) is 89.5 Å². The SMILES string of the molecule is C=CCOc1cc(C)c(C(C)=O)c(C(C)CC[C@@H]2OC(C)(C)OC2[C@H](C)/C=C\[C@@H](C)C(C)C)c1.C=CCOc1cc(C)c(C(C)=O)c(CCC[C@@H]2OC(C)(C)OC2[C@H](C)/C=C\[C@@H](C)C(C)C)c1. The predicted molar refractivity (Wildman–Crippen MR) is 277 cm³/mol. The zero-order valence-electron chi connectivity index (χ0n) is 44.8. The number of carbonyl (C=O) groups is 2. The van der Waals surface area contributed by atoms with Gasteiger partial charge in [-0.3, -0.25) is 9.59 Å². The van der Waals surface area contributed by atoms with E-state index in [0.29, 0.717) is 36.9 Å². The number of hydrogen-bond acceptors (Lipinski definition) is 8. The third-order valence-electron chi connectivity index (χ3n) is 13.5. The molecule has 9 atom stereocenters. The van der Waals surface area contributed by atoms with E-state index in [0.717, 1.165) is 77.0 Å². The molecule has 2 fully saturated rings. The number of benzene rings is 2. The molecule has 2 saturated heterocycles.